The van der Waals surface area contributed by atoms with Crippen LogP contribution in [0.1, 0.15) is 0 Å². The Morgan fingerprint density at radius 2 is 1.85 bits per heavy atom. The van der Waals surface area contributed by atoms with Crippen LogP contribution in [-0.4, -0.2) is 28.2 Å². The fourth-order valence-corrected chi connectivity index (χ4v) is 2.12. The SMILES string of the molecule is OCCNc1nccc(-c2ccc3ccccc3c2)n1. The van der Waals surface area contributed by atoms with Crippen LogP contribution in [0, 0.1) is 0 Å². The second-order valence-electron chi connectivity index (χ2n) is 4.48. The van der Waals surface area contributed by atoms with E-state index in [0.29, 0.717) is 12.5 Å². The summed E-state index contributed by atoms with van der Waals surface area (Å²) < 4.78 is 0. The van der Waals surface area contributed by atoms with Gasteiger partial charge in [0.05, 0.1) is 12.3 Å². The number of fused-ring (bicyclic) bond motifs is 1. The summed E-state index contributed by atoms with van der Waals surface area (Å²) in [7, 11) is 0. The Balaban J connectivity index is 1.97. The molecule has 0 bridgehead atoms. The monoisotopic (exact) mass is 265 g/mol. The van der Waals surface area contributed by atoms with Gasteiger partial charge in [0.1, 0.15) is 0 Å². The highest BCUT2D eigenvalue weighted by Gasteiger charge is 2.03. The van der Waals surface area contributed by atoms with E-state index < -0.39 is 0 Å². The van der Waals surface area contributed by atoms with Crippen LogP contribution >= 0.6 is 0 Å². The van der Waals surface area contributed by atoms with E-state index in [0.717, 1.165) is 11.3 Å². The van der Waals surface area contributed by atoms with Crippen LogP contribution in [0.25, 0.3) is 22.0 Å². The van der Waals surface area contributed by atoms with Gasteiger partial charge in [-0.05, 0) is 22.9 Å². The molecule has 3 aromatic rings. The van der Waals surface area contributed by atoms with Crippen LogP contribution in [0.15, 0.2) is 54.7 Å². The van der Waals surface area contributed by atoms with Gasteiger partial charge in [-0.3, -0.25) is 0 Å². The predicted molar refractivity (Wildman–Crippen MR) is 80.5 cm³/mol. The fourth-order valence-electron chi connectivity index (χ4n) is 2.12. The first kappa shape index (κ1) is 12.6. The van der Waals surface area contributed by atoms with E-state index in [1.54, 1.807) is 6.20 Å². The summed E-state index contributed by atoms with van der Waals surface area (Å²) in [6, 6.07) is 16.4. The minimum absolute atomic E-state index is 0.0591. The Morgan fingerprint density at radius 1 is 1.00 bits per heavy atom. The molecule has 2 N–H and O–H groups in total. The van der Waals surface area contributed by atoms with Crippen molar-refractivity contribution in [3.63, 3.8) is 0 Å². The molecule has 0 spiro atoms. The number of anilines is 1. The van der Waals surface area contributed by atoms with Gasteiger partial charge in [0, 0.05) is 18.3 Å². The summed E-state index contributed by atoms with van der Waals surface area (Å²) in [4.78, 5) is 8.59. The zero-order valence-corrected chi connectivity index (χ0v) is 11.0. The number of rotatable bonds is 4. The van der Waals surface area contributed by atoms with Crippen LogP contribution < -0.4 is 5.32 Å². The number of aliphatic hydroxyl groups excluding tert-OH is 1. The highest BCUT2D eigenvalue weighted by Crippen LogP contribution is 2.23. The van der Waals surface area contributed by atoms with Crippen molar-refractivity contribution in [2.24, 2.45) is 0 Å². The molecule has 0 aliphatic rings. The summed E-state index contributed by atoms with van der Waals surface area (Å²) in [6.45, 7) is 0.505. The van der Waals surface area contributed by atoms with Crippen LogP contribution in [0.2, 0.25) is 0 Å². The predicted octanol–water partition coefficient (Wildman–Crippen LogP) is 2.70. The second kappa shape index (κ2) is 5.67. The lowest BCUT2D eigenvalue weighted by atomic mass is 10.1. The van der Waals surface area contributed by atoms with E-state index in [1.807, 2.05) is 18.2 Å². The quantitative estimate of drug-likeness (QED) is 0.761. The van der Waals surface area contributed by atoms with Gasteiger partial charge < -0.3 is 10.4 Å². The Morgan fingerprint density at radius 3 is 2.70 bits per heavy atom. The molecule has 0 unspecified atom stereocenters. The van der Waals surface area contributed by atoms with E-state index >= 15 is 0 Å². The standard InChI is InChI=1S/C16H15N3O/c20-10-9-18-16-17-8-7-15(19-16)14-6-5-12-3-1-2-4-13(12)11-14/h1-8,11,20H,9-10H2,(H,17,18,19). The summed E-state index contributed by atoms with van der Waals surface area (Å²) in [5.74, 6) is 0.532. The van der Waals surface area contributed by atoms with E-state index in [4.69, 9.17) is 5.11 Å². The second-order valence-corrected chi connectivity index (χ2v) is 4.48. The third kappa shape index (κ3) is 2.60. The smallest absolute Gasteiger partial charge is 0.223 e. The average molecular weight is 265 g/mol. The first-order chi connectivity index (χ1) is 9.86. The van der Waals surface area contributed by atoms with Crippen molar-refractivity contribution in [3.05, 3.63) is 54.7 Å². The van der Waals surface area contributed by atoms with Crippen molar-refractivity contribution in [2.75, 3.05) is 18.5 Å². The Kier molecular flexibility index (Phi) is 3.56. The van der Waals surface area contributed by atoms with Crippen molar-refractivity contribution in [1.82, 2.24) is 9.97 Å². The molecule has 0 aliphatic heterocycles. The zero-order chi connectivity index (χ0) is 13.8. The number of aliphatic hydroxyl groups is 1. The molecule has 0 aliphatic carbocycles. The zero-order valence-electron chi connectivity index (χ0n) is 11.0. The first-order valence-corrected chi connectivity index (χ1v) is 6.54. The summed E-state index contributed by atoms with van der Waals surface area (Å²) >= 11 is 0. The molecule has 20 heavy (non-hydrogen) atoms. The molecule has 1 heterocycles. The summed E-state index contributed by atoms with van der Waals surface area (Å²) in [5.41, 5.74) is 1.92. The maximum absolute atomic E-state index is 8.81. The minimum atomic E-state index is 0.0591. The molecule has 0 fully saturated rings. The maximum atomic E-state index is 8.81. The summed E-state index contributed by atoms with van der Waals surface area (Å²) in [6.07, 6.45) is 1.72. The number of aromatic nitrogens is 2. The fraction of sp³-hybridized carbons (Fsp3) is 0.125. The molecule has 0 saturated carbocycles. The molecule has 0 saturated heterocycles. The average Bonchev–Trinajstić information content (AvgIpc) is 2.53. The lowest BCUT2D eigenvalue weighted by Crippen LogP contribution is -2.08. The van der Waals surface area contributed by atoms with Crippen molar-refractivity contribution < 1.29 is 5.11 Å². The number of hydrogen-bond acceptors (Lipinski definition) is 4. The largest absolute Gasteiger partial charge is 0.395 e. The van der Waals surface area contributed by atoms with Crippen molar-refractivity contribution in [3.8, 4) is 11.3 Å². The van der Waals surface area contributed by atoms with Gasteiger partial charge in [0.15, 0.2) is 0 Å². The third-order valence-corrected chi connectivity index (χ3v) is 3.10. The van der Waals surface area contributed by atoms with E-state index in [2.05, 4.69) is 45.6 Å². The van der Waals surface area contributed by atoms with Crippen LogP contribution in [0.4, 0.5) is 5.95 Å². The molecule has 0 amide bonds. The number of nitrogens with one attached hydrogen (secondary N) is 1. The van der Waals surface area contributed by atoms with Crippen molar-refractivity contribution in [1.29, 1.82) is 0 Å². The Labute approximate surface area is 117 Å². The normalized spacial score (nSPS) is 10.7. The van der Waals surface area contributed by atoms with Crippen molar-refractivity contribution >= 4 is 16.7 Å². The van der Waals surface area contributed by atoms with Crippen LogP contribution in [0.5, 0.6) is 0 Å². The molecule has 2 aromatic carbocycles. The number of benzene rings is 2. The Hall–Kier alpha value is -2.46. The molecule has 3 rings (SSSR count). The Bertz CT molecular complexity index is 727. The first-order valence-electron chi connectivity index (χ1n) is 6.54. The van der Waals surface area contributed by atoms with E-state index in [-0.39, 0.29) is 6.61 Å². The molecular weight excluding hydrogens is 250 g/mol. The van der Waals surface area contributed by atoms with Gasteiger partial charge in [0.25, 0.3) is 0 Å². The van der Waals surface area contributed by atoms with E-state index in [1.165, 1.54) is 10.8 Å². The molecule has 0 atom stereocenters. The lowest BCUT2D eigenvalue weighted by molar-refractivity contribution is 0.311. The highest BCUT2D eigenvalue weighted by molar-refractivity contribution is 5.86. The van der Waals surface area contributed by atoms with Crippen LogP contribution in [0.3, 0.4) is 0 Å². The lowest BCUT2D eigenvalue weighted by Gasteiger charge is -2.06. The van der Waals surface area contributed by atoms with Gasteiger partial charge >= 0.3 is 0 Å². The molecule has 4 nitrogen and oxygen atoms in total. The van der Waals surface area contributed by atoms with E-state index in [9.17, 15) is 0 Å². The van der Waals surface area contributed by atoms with Gasteiger partial charge in [-0.15, -0.1) is 0 Å². The summed E-state index contributed by atoms with van der Waals surface area (Å²) in [5, 5.41) is 14.2. The number of nitrogens with zero attached hydrogens (tertiary/aromatic N) is 2. The van der Waals surface area contributed by atoms with Gasteiger partial charge in [-0.25, -0.2) is 9.97 Å². The molecule has 1 aromatic heterocycles. The molecule has 4 heteroatoms. The van der Waals surface area contributed by atoms with Crippen molar-refractivity contribution in [2.45, 2.75) is 0 Å². The number of hydrogen-bond donors (Lipinski definition) is 2. The third-order valence-electron chi connectivity index (χ3n) is 3.10. The van der Waals surface area contributed by atoms with Crippen LogP contribution in [-0.2, 0) is 0 Å². The highest BCUT2D eigenvalue weighted by atomic mass is 16.3. The van der Waals surface area contributed by atoms with Gasteiger partial charge in [-0.2, -0.15) is 0 Å². The molecule has 100 valence electrons. The van der Waals surface area contributed by atoms with Gasteiger partial charge in [0.2, 0.25) is 5.95 Å². The maximum Gasteiger partial charge on any atom is 0.223 e. The topological polar surface area (TPSA) is 58.0 Å². The molecule has 0 radical (unpaired) electrons. The molecular formula is C16H15N3O. The van der Waals surface area contributed by atoms with Gasteiger partial charge in [-0.1, -0.05) is 36.4 Å². The minimum Gasteiger partial charge on any atom is -0.395 e.